The van der Waals surface area contributed by atoms with E-state index in [1.54, 1.807) is 0 Å². The molecule has 0 rings (SSSR count). The Balaban J connectivity index is 3.34. The van der Waals surface area contributed by atoms with Gasteiger partial charge in [0, 0.05) is 25.7 Å². The molecule has 1 N–H and O–H groups in total. The largest absolute Gasteiger partial charge is 0.312 e. The third kappa shape index (κ3) is 8.22. The number of nitrogens with zero attached hydrogens (tertiary/aromatic N) is 2. The molecule has 0 radical (unpaired) electrons. The van der Waals surface area contributed by atoms with E-state index < -0.39 is 0 Å². The number of nitrogens with one attached hydrogen (secondary N) is 1. The highest BCUT2D eigenvalue weighted by atomic mass is 15.1. The minimum Gasteiger partial charge on any atom is -0.312 e. The molecule has 0 fully saturated rings. The molecule has 13 heavy (non-hydrogen) atoms. The fourth-order valence-corrected chi connectivity index (χ4v) is 1.20. The molecule has 0 aromatic carbocycles. The summed E-state index contributed by atoms with van der Waals surface area (Å²) in [4.78, 5) is 4.52. The molecule has 0 amide bonds. The first-order valence-electron chi connectivity index (χ1n) is 5.13. The van der Waals surface area contributed by atoms with Crippen LogP contribution in [0.2, 0.25) is 0 Å². The van der Waals surface area contributed by atoms with Crippen LogP contribution in [-0.4, -0.2) is 63.2 Å². The number of rotatable bonds is 7. The topological polar surface area (TPSA) is 18.5 Å². The summed E-state index contributed by atoms with van der Waals surface area (Å²) in [5.41, 5.74) is 0. The molecule has 0 spiro atoms. The van der Waals surface area contributed by atoms with Gasteiger partial charge in [-0.25, -0.2) is 0 Å². The van der Waals surface area contributed by atoms with Crippen LogP contribution in [0.3, 0.4) is 0 Å². The second kappa shape index (κ2) is 7.30. The third-order valence-electron chi connectivity index (χ3n) is 2.18. The summed E-state index contributed by atoms with van der Waals surface area (Å²) in [7, 11) is 6.36. The van der Waals surface area contributed by atoms with E-state index in [2.05, 4.69) is 50.1 Å². The first-order chi connectivity index (χ1) is 6.06. The number of likely N-dealkylation sites (N-methyl/N-ethyl adjacent to an activating group) is 2. The average Bonchev–Trinajstić information content (AvgIpc) is 2.03. The Morgan fingerprint density at radius 3 is 2.31 bits per heavy atom. The van der Waals surface area contributed by atoms with E-state index in [0.29, 0.717) is 6.04 Å². The molecule has 0 aromatic heterocycles. The maximum atomic E-state index is 3.50. The van der Waals surface area contributed by atoms with Crippen LogP contribution in [0.25, 0.3) is 0 Å². The van der Waals surface area contributed by atoms with Crippen LogP contribution in [-0.2, 0) is 0 Å². The standard InChI is InChI=1S/C10H25N3/c1-6-13(5)9-10(2)11-7-8-12(3)4/h10-11H,6-9H2,1-5H3. The van der Waals surface area contributed by atoms with Crippen molar-refractivity contribution in [1.29, 1.82) is 0 Å². The van der Waals surface area contributed by atoms with Gasteiger partial charge in [-0.05, 0) is 34.6 Å². The Labute approximate surface area is 83.1 Å². The van der Waals surface area contributed by atoms with Gasteiger partial charge in [-0.15, -0.1) is 0 Å². The van der Waals surface area contributed by atoms with Crippen molar-refractivity contribution in [3.63, 3.8) is 0 Å². The molecule has 80 valence electrons. The lowest BCUT2D eigenvalue weighted by Gasteiger charge is -2.21. The molecule has 0 aromatic rings. The SMILES string of the molecule is CCN(C)CC(C)NCCN(C)C. The lowest BCUT2D eigenvalue weighted by atomic mass is 10.3. The zero-order chi connectivity index (χ0) is 10.3. The van der Waals surface area contributed by atoms with Crippen LogP contribution in [0.15, 0.2) is 0 Å². The summed E-state index contributed by atoms with van der Waals surface area (Å²) in [6.45, 7) is 8.86. The van der Waals surface area contributed by atoms with E-state index in [9.17, 15) is 0 Å². The van der Waals surface area contributed by atoms with Crippen LogP contribution in [0.1, 0.15) is 13.8 Å². The van der Waals surface area contributed by atoms with Gasteiger partial charge in [0.25, 0.3) is 0 Å². The minimum absolute atomic E-state index is 0.588. The quantitative estimate of drug-likeness (QED) is 0.625. The highest BCUT2D eigenvalue weighted by molar-refractivity contribution is 4.64. The van der Waals surface area contributed by atoms with Crippen molar-refractivity contribution in [3.8, 4) is 0 Å². The van der Waals surface area contributed by atoms with Crippen LogP contribution >= 0.6 is 0 Å². The van der Waals surface area contributed by atoms with E-state index in [1.165, 1.54) is 0 Å². The normalized spacial score (nSPS) is 14.1. The fraction of sp³-hybridized carbons (Fsp3) is 1.00. The van der Waals surface area contributed by atoms with Crippen molar-refractivity contribution >= 4 is 0 Å². The van der Waals surface area contributed by atoms with Crippen LogP contribution < -0.4 is 5.32 Å². The Morgan fingerprint density at radius 1 is 1.23 bits per heavy atom. The zero-order valence-electron chi connectivity index (χ0n) is 9.80. The van der Waals surface area contributed by atoms with E-state index >= 15 is 0 Å². The van der Waals surface area contributed by atoms with Gasteiger partial charge in [0.1, 0.15) is 0 Å². The highest BCUT2D eigenvalue weighted by Crippen LogP contribution is 1.87. The smallest absolute Gasteiger partial charge is 0.0167 e. The van der Waals surface area contributed by atoms with E-state index in [1.807, 2.05) is 0 Å². The molecule has 3 nitrogen and oxygen atoms in total. The summed E-state index contributed by atoms with van der Waals surface area (Å²) in [5.74, 6) is 0. The van der Waals surface area contributed by atoms with Gasteiger partial charge in [-0.3, -0.25) is 0 Å². The van der Waals surface area contributed by atoms with Crippen LogP contribution in [0.5, 0.6) is 0 Å². The van der Waals surface area contributed by atoms with E-state index in [4.69, 9.17) is 0 Å². The van der Waals surface area contributed by atoms with E-state index in [-0.39, 0.29) is 0 Å². The van der Waals surface area contributed by atoms with Crippen LogP contribution in [0, 0.1) is 0 Å². The van der Waals surface area contributed by atoms with Crippen molar-refractivity contribution in [2.45, 2.75) is 19.9 Å². The summed E-state index contributed by atoms with van der Waals surface area (Å²) in [6.07, 6.45) is 0. The molecular formula is C10H25N3. The maximum absolute atomic E-state index is 3.50. The Bertz CT molecular complexity index is 115. The molecule has 0 aliphatic carbocycles. The monoisotopic (exact) mass is 187 g/mol. The Hall–Kier alpha value is -0.120. The Kier molecular flexibility index (Phi) is 7.23. The molecular weight excluding hydrogens is 162 g/mol. The summed E-state index contributed by atoms with van der Waals surface area (Å²) < 4.78 is 0. The molecule has 0 saturated carbocycles. The predicted octanol–water partition coefficient (Wildman–Crippen LogP) is 0.478. The second-order valence-corrected chi connectivity index (χ2v) is 4.01. The van der Waals surface area contributed by atoms with Gasteiger partial charge in [-0.2, -0.15) is 0 Å². The third-order valence-corrected chi connectivity index (χ3v) is 2.18. The lowest BCUT2D eigenvalue weighted by Crippen LogP contribution is -2.40. The molecule has 0 aliphatic rings. The van der Waals surface area contributed by atoms with Crippen molar-refractivity contribution in [2.75, 3.05) is 47.3 Å². The number of hydrogen-bond donors (Lipinski definition) is 1. The molecule has 3 heteroatoms. The first kappa shape index (κ1) is 12.9. The van der Waals surface area contributed by atoms with Gasteiger partial charge in [0.2, 0.25) is 0 Å². The molecule has 0 aliphatic heterocycles. The minimum atomic E-state index is 0.588. The number of hydrogen-bond acceptors (Lipinski definition) is 3. The molecule has 1 atom stereocenters. The van der Waals surface area contributed by atoms with E-state index in [0.717, 1.165) is 26.2 Å². The molecule has 1 unspecified atom stereocenters. The molecule has 0 bridgehead atoms. The zero-order valence-corrected chi connectivity index (χ0v) is 9.80. The van der Waals surface area contributed by atoms with Gasteiger partial charge < -0.3 is 15.1 Å². The molecule has 0 saturated heterocycles. The van der Waals surface area contributed by atoms with Crippen molar-refractivity contribution in [2.24, 2.45) is 0 Å². The Morgan fingerprint density at radius 2 is 1.85 bits per heavy atom. The van der Waals surface area contributed by atoms with Gasteiger partial charge in [-0.1, -0.05) is 6.92 Å². The van der Waals surface area contributed by atoms with Gasteiger partial charge in [0.15, 0.2) is 0 Å². The van der Waals surface area contributed by atoms with Crippen molar-refractivity contribution in [1.82, 2.24) is 15.1 Å². The summed E-state index contributed by atoms with van der Waals surface area (Å²) >= 11 is 0. The maximum Gasteiger partial charge on any atom is 0.0167 e. The second-order valence-electron chi connectivity index (χ2n) is 4.01. The van der Waals surface area contributed by atoms with Gasteiger partial charge >= 0.3 is 0 Å². The summed E-state index contributed by atoms with van der Waals surface area (Å²) in [5, 5.41) is 3.50. The summed E-state index contributed by atoms with van der Waals surface area (Å²) in [6, 6.07) is 0.588. The lowest BCUT2D eigenvalue weighted by molar-refractivity contribution is 0.301. The predicted molar refractivity (Wildman–Crippen MR) is 59.2 cm³/mol. The van der Waals surface area contributed by atoms with Crippen molar-refractivity contribution in [3.05, 3.63) is 0 Å². The first-order valence-corrected chi connectivity index (χ1v) is 5.13. The fourth-order valence-electron chi connectivity index (χ4n) is 1.20. The highest BCUT2D eigenvalue weighted by Gasteiger charge is 2.03. The van der Waals surface area contributed by atoms with Gasteiger partial charge in [0.05, 0.1) is 0 Å². The van der Waals surface area contributed by atoms with Crippen molar-refractivity contribution < 1.29 is 0 Å². The van der Waals surface area contributed by atoms with Crippen LogP contribution in [0.4, 0.5) is 0 Å². The molecule has 0 heterocycles. The average molecular weight is 187 g/mol.